The number of aliphatic hydroxyl groups excluding tert-OH is 2. The second-order valence-electron chi connectivity index (χ2n) is 7.58. The molecule has 4 atom stereocenters. The van der Waals surface area contributed by atoms with Gasteiger partial charge < -0.3 is 15.3 Å². The molecule has 9 heteroatoms. The lowest BCUT2D eigenvalue weighted by molar-refractivity contribution is -0.139. The van der Waals surface area contributed by atoms with E-state index in [4.69, 9.17) is 9.94 Å². The van der Waals surface area contributed by atoms with E-state index in [1.165, 1.54) is 12.1 Å². The summed E-state index contributed by atoms with van der Waals surface area (Å²) in [4.78, 5) is 15.6. The Kier molecular flexibility index (Phi) is 6.50. The van der Waals surface area contributed by atoms with E-state index in [2.05, 4.69) is 5.48 Å². The van der Waals surface area contributed by atoms with Gasteiger partial charge >= 0.3 is 12.1 Å². The van der Waals surface area contributed by atoms with Crippen molar-refractivity contribution in [3.8, 4) is 0 Å². The van der Waals surface area contributed by atoms with E-state index < -0.39 is 29.9 Å². The summed E-state index contributed by atoms with van der Waals surface area (Å²) in [5.74, 6) is -1.03. The molecule has 160 valence electrons. The highest BCUT2D eigenvalue weighted by molar-refractivity contribution is 5.66. The number of carboxylic acids is 1. The summed E-state index contributed by atoms with van der Waals surface area (Å²) >= 11 is 0. The molecule has 1 saturated carbocycles. The van der Waals surface area contributed by atoms with Crippen LogP contribution in [0.4, 0.5) is 13.2 Å². The highest BCUT2D eigenvalue weighted by Crippen LogP contribution is 2.50. The van der Waals surface area contributed by atoms with Crippen LogP contribution in [-0.4, -0.2) is 34.0 Å². The summed E-state index contributed by atoms with van der Waals surface area (Å²) in [7, 11) is 0. The summed E-state index contributed by atoms with van der Waals surface area (Å²) in [6, 6.07) is 4.67. The Bertz CT molecular complexity index is 780. The van der Waals surface area contributed by atoms with Crippen LogP contribution in [0.25, 0.3) is 0 Å². The van der Waals surface area contributed by atoms with Gasteiger partial charge in [0.2, 0.25) is 0 Å². The summed E-state index contributed by atoms with van der Waals surface area (Å²) in [6.45, 7) is 0.0337. The fourth-order valence-electron chi connectivity index (χ4n) is 4.02. The second-order valence-corrected chi connectivity index (χ2v) is 7.58. The molecular weight excluding hydrogens is 391 g/mol. The maximum Gasteiger partial charge on any atom is 0.416 e. The first kappa shape index (κ1) is 21.6. The fourth-order valence-corrected chi connectivity index (χ4v) is 4.02. The van der Waals surface area contributed by atoms with Gasteiger partial charge in [0.25, 0.3) is 0 Å². The van der Waals surface area contributed by atoms with Gasteiger partial charge in [-0.3, -0.25) is 15.1 Å². The van der Waals surface area contributed by atoms with Crippen molar-refractivity contribution < 1.29 is 38.1 Å². The Morgan fingerprint density at radius 2 is 2.07 bits per heavy atom. The van der Waals surface area contributed by atoms with Gasteiger partial charge in [-0.2, -0.15) is 13.2 Å². The van der Waals surface area contributed by atoms with Crippen molar-refractivity contribution in [2.45, 2.75) is 50.5 Å². The number of carbonyl (C=O) groups is 1. The molecule has 1 aromatic rings. The molecule has 0 aliphatic heterocycles. The first-order valence-electron chi connectivity index (χ1n) is 9.51. The number of hydrogen-bond donors (Lipinski definition) is 4. The normalized spacial score (nSPS) is 24.8. The summed E-state index contributed by atoms with van der Waals surface area (Å²) < 4.78 is 38.5. The first-order chi connectivity index (χ1) is 13.7. The van der Waals surface area contributed by atoms with Crippen LogP contribution < -0.4 is 5.48 Å². The number of benzene rings is 1. The Morgan fingerprint density at radius 1 is 1.31 bits per heavy atom. The lowest BCUT2D eigenvalue weighted by atomic mass is 9.83. The van der Waals surface area contributed by atoms with Gasteiger partial charge in [-0.15, -0.1) is 0 Å². The molecule has 2 aliphatic carbocycles. The molecule has 0 saturated heterocycles. The minimum atomic E-state index is -4.46. The van der Waals surface area contributed by atoms with Gasteiger partial charge in [0.15, 0.2) is 0 Å². The molecule has 0 bridgehead atoms. The smallest absolute Gasteiger partial charge is 0.416 e. The number of hydroxylamine groups is 1. The molecule has 0 spiro atoms. The largest absolute Gasteiger partial charge is 0.481 e. The predicted octanol–water partition coefficient (Wildman–Crippen LogP) is 3.17. The van der Waals surface area contributed by atoms with Crippen LogP contribution >= 0.6 is 0 Å². The first-order valence-corrected chi connectivity index (χ1v) is 9.51. The topological polar surface area (TPSA) is 99.0 Å². The number of rotatable bonds is 9. The Hall–Kier alpha value is -2.10. The lowest BCUT2D eigenvalue weighted by Crippen LogP contribution is -2.32. The minimum absolute atomic E-state index is 0.0104. The third-order valence-corrected chi connectivity index (χ3v) is 5.66. The molecule has 4 unspecified atom stereocenters. The molecule has 0 heterocycles. The van der Waals surface area contributed by atoms with E-state index in [0.29, 0.717) is 19.3 Å². The summed E-state index contributed by atoms with van der Waals surface area (Å²) in [6.07, 6.45) is -4.22. The maximum atomic E-state index is 12.8. The highest BCUT2D eigenvalue weighted by atomic mass is 19.4. The third-order valence-electron chi connectivity index (χ3n) is 5.66. The van der Waals surface area contributed by atoms with Gasteiger partial charge in [0, 0.05) is 11.6 Å². The van der Waals surface area contributed by atoms with Gasteiger partial charge in [0.05, 0.1) is 30.8 Å². The zero-order valence-electron chi connectivity index (χ0n) is 15.7. The molecular formula is C20H24F3NO5. The number of aliphatic hydroxyl groups is 2. The second kappa shape index (κ2) is 8.73. The zero-order valence-corrected chi connectivity index (χ0v) is 15.7. The zero-order chi connectivity index (χ0) is 21.2. The van der Waals surface area contributed by atoms with E-state index in [0.717, 1.165) is 23.4 Å². The van der Waals surface area contributed by atoms with Gasteiger partial charge in [0.1, 0.15) is 0 Å². The number of alkyl halides is 3. The number of nitrogens with one attached hydrogen (secondary N) is 1. The van der Waals surface area contributed by atoms with Crippen LogP contribution in [0.3, 0.4) is 0 Å². The molecule has 4 N–H and O–H groups in total. The van der Waals surface area contributed by atoms with Crippen molar-refractivity contribution in [2.24, 2.45) is 11.8 Å². The van der Waals surface area contributed by atoms with E-state index in [1.54, 1.807) is 0 Å². The molecule has 6 nitrogen and oxygen atoms in total. The van der Waals surface area contributed by atoms with E-state index in [9.17, 15) is 28.2 Å². The van der Waals surface area contributed by atoms with Crippen LogP contribution in [0.1, 0.15) is 49.3 Å². The number of halogens is 3. The number of allylic oxidation sites excluding steroid dienone is 1. The molecule has 3 rings (SSSR count). The number of fused-ring (bicyclic) bond motifs is 1. The third kappa shape index (κ3) is 5.09. The van der Waals surface area contributed by atoms with Crippen LogP contribution in [-0.2, 0) is 15.8 Å². The lowest BCUT2D eigenvalue weighted by Gasteiger charge is -2.30. The number of carboxylic acid groups (broad SMARTS) is 1. The van der Waals surface area contributed by atoms with E-state index in [1.807, 2.05) is 0 Å². The van der Waals surface area contributed by atoms with Crippen molar-refractivity contribution in [2.75, 3.05) is 6.61 Å². The molecule has 0 amide bonds. The standard InChI is InChI=1S/C20H24F3NO5/c21-20(22,23)13-3-1-2-11(8-13)17(25)5-4-12-9-14-15(19(12)28)10-16(14)24-29-7-6-18(26)27/h1-3,8,12,15,17,19,24-25,28H,4-7,9-10H2,(H,26,27). The Labute approximate surface area is 165 Å². The van der Waals surface area contributed by atoms with E-state index in [-0.39, 0.29) is 36.8 Å². The van der Waals surface area contributed by atoms with E-state index >= 15 is 0 Å². The van der Waals surface area contributed by atoms with Crippen LogP contribution in [0.2, 0.25) is 0 Å². The molecule has 0 aromatic heterocycles. The van der Waals surface area contributed by atoms with Gasteiger partial charge in [-0.05, 0) is 54.9 Å². The average molecular weight is 415 g/mol. The molecule has 29 heavy (non-hydrogen) atoms. The number of aliphatic carboxylic acids is 1. The van der Waals surface area contributed by atoms with Crippen molar-refractivity contribution in [1.29, 1.82) is 0 Å². The maximum absolute atomic E-state index is 12.8. The SMILES string of the molecule is O=C(O)CCONC1=C2CC(CCC(O)c3cccc(C(F)(F)F)c3)C(O)C2C1. The average Bonchev–Trinajstić information content (AvgIpc) is 2.89. The predicted molar refractivity (Wildman–Crippen MR) is 96.2 cm³/mol. The summed E-state index contributed by atoms with van der Waals surface area (Å²) in [5, 5.41) is 29.3. The summed E-state index contributed by atoms with van der Waals surface area (Å²) in [5.41, 5.74) is 4.05. The molecule has 0 radical (unpaired) electrons. The molecule has 1 aromatic carbocycles. The van der Waals surface area contributed by atoms with Gasteiger partial charge in [-0.25, -0.2) is 0 Å². The molecule has 1 fully saturated rings. The quantitative estimate of drug-likeness (QED) is 0.365. The Morgan fingerprint density at radius 3 is 2.76 bits per heavy atom. The van der Waals surface area contributed by atoms with Crippen LogP contribution in [0.15, 0.2) is 35.5 Å². The van der Waals surface area contributed by atoms with Crippen molar-refractivity contribution >= 4 is 5.97 Å². The molecule has 2 aliphatic rings. The van der Waals surface area contributed by atoms with Crippen LogP contribution in [0.5, 0.6) is 0 Å². The minimum Gasteiger partial charge on any atom is -0.481 e. The van der Waals surface area contributed by atoms with Gasteiger partial charge in [-0.1, -0.05) is 12.1 Å². The van der Waals surface area contributed by atoms with Crippen molar-refractivity contribution in [3.63, 3.8) is 0 Å². The number of hydrogen-bond acceptors (Lipinski definition) is 5. The van der Waals surface area contributed by atoms with Crippen molar-refractivity contribution in [3.05, 3.63) is 46.7 Å². The monoisotopic (exact) mass is 415 g/mol. The van der Waals surface area contributed by atoms with Crippen LogP contribution in [0, 0.1) is 11.8 Å². The van der Waals surface area contributed by atoms with Crippen molar-refractivity contribution in [1.82, 2.24) is 5.48 Å². The highest BCUT2D eigenvalue weighted by Gasteiger charge is 2.45. The fraction of sp³-hybridized carbons (Fsp3) is 0.550. The Balaban J connectivity index is 1.51.